The van der Waals surface area contributed by atoms with Crippen molar-refractivity contribution in [1.82, 2.24) is 10.6 Å². The third-order valence-corrected chi connectivity index (χ3v) is 4.45. The largest absolute Gasteiger partial charge is 0.357 e. The number of para-hydroxylation sites is 1. The molecule has 5 heteroatoms. The van der Waals surface area contributed by atoms with E-state index in [1.807, 2.05) is 48.2 Å². The zero-order valence-corrected chi connectivity index (χ0v) is 15.2. The summed E-state index contributed by atoms with van der Waals surface area (Å²) in [4.78, 5) is 18.9. The van der Waals surface area contributed by atoms with Crippen molar-refractivity contribution in [3.05, 3.63) is 65.7 Å². The Morgan fingerprint density at radius 1 is 1.08 bits per heavy atom. The van der Waals surface area contributed by atoms with Crippen LogP contribution in [0.2, 0.25) is 0 Å². The average Bonchev–Trinajstić information content (AvgIpc) is 3.11. The van der Waals surface area contributed by atoms with Crippen LogP contribution < -0.4 is 15.5 Å². The van der Waals surface area contributed by atoms with Crippen LogP contribution in [0.4, 0.5) is 5.69 Å². The maximum Gasteiger partial charge on any atom is 0.248 e. The molecule has 1 amide bonds. The Morgan fingerprint density at radius 2 is 1.85 bits per heavy atom. The third-order valence-electron chi connectivity index (χ3n) is 4.45. The SMILES string of the molecule is CCNC(=NCC(=O)N1CCc2ccccc21)NCCc1ccccc1. The molecule has 0 saturated carbocycles. The lowest BCUT2D eigenvalue weighted by atomic mass is 10.1. The summed E-state index contributed by atoms with van der Waals surface area (Å²) in [6.45, 7) is 4.45. The van der Waals surface area contributed by atoms with Gasteiger partial charge in [-0.1, -0.05) is 48.5 Å². The minimum Gasteiger partial charge on any atom is -0.357 e. The topological polar surface area (TPSA) is 56.7 Å². The summed E-state index contributed by atoms with van der Waals surface area (Å²) < 4.78 is 0. The number of aliphatic imine (C=N–C) groups is 1. The highest BCUT2D eigenvalue weighted by Crippen LogP contribution is 2.27. The second-order valence-electron chi connectivity index (χ2n) is 6.28. The van der Waals surface area contributed by atoms with Gasteiger partial charge in [-0.3, -0.25) is 4.79 Å². The van der Waals surface area contributed by atoms with Crippen molar-refractivity contribution < 1.29 is 4.79 Å². The molecule has 0 bridgehead atoms. The fourth-order valence-corrected chi connectivity index (χ4v) is 3.14. The van der Waals surface area contributed by atoms with E-state index in [0.29, 0.717) is 5.96 Å². The first-order valence-electron chi connectivity index (χ1n) is 9.22. The molecule has 0 saturated heterocycles. The summed E-state index contributed by atoms with van der Waals surface area (Å²) in [5.74, 6) is 0.722. The molecule has 26 heavy (non-hydrogen) atoms. The molecule has 2 aromatic rings. The van der Waals surface area contributed by atoms with Gasteiger partial charge < -0.3 is 15.5 Å². The number of anilines is 1. The van der Waals surface area contributed by atoms with Crippen LogP contribution in [0.25, 0.3) is 0 Å². The zero-order valence-electron chi connectivity index (χ0n) is 15.2. The Labute approximate surface area is 155 Å². The van der Waals surface area contributed by atoms with Crippen LogP contribution in [0.15, 0.2) is 59.6 Å². The standard InChI is InChI=1S/C21H26N4O/c1-2-22-21(23-14-12-17-8-4-3-5-9-17)24-16-20(26)25-15-13-18-10-6-7-11-19(18)25/h3-11H,2,12-16H2,1H3,(H2,22,23,24). The Hall–Kier alpha value is -2.82. The van der Waals surface area contributed by atoms with E-state index in [2.05, 4.69) is 33.8 Å². The predicted molar refractivity (Wildman–Crippen MR) is 107 cm³/mol. The van der Waals surface area contributed by atoms with Crippen molar-refractivity contribution in [1.29, 1.82) is 0 Å². The molecule has 136 valence electrons. The number of fused-ring (bicyclic) bond motifs is 1. The van der Waals surface area contributed by atoms with Crippen LogP contribution in [0.5, 0.6) is 0 Å². The molecule has 1 heterocycles. The number of hydrogen-bond donors (Lipinski definition) is 2. The van der Waals surface area contributed by atoms with Crippen molar-refractivity contribution in [2.24, 2.45) is 4.99 Å². The van der Waals surface area contributed by atoms with Crippen LogP contribution in [-0.2, 0) is 17.6 Å². The first kappa shape index (κ1) is 18.0. The Kier molecular flexibility index (Phi) is 6.25. The molecule has 3 rings (SSSR count). The quantitative estimate of drug-likeness (QED) is 0.621. The van der Waals surface area contributed by atoms with Gasteiger partial charge in [-0.05, 0) is 37.0 Å². The Bertz CT molecular complexity index is 758. The summed E-state index contributed by atoms with van der Waals surface area (Å²) in [6, 6.07) is 18.4. The number of amides is 1. The van der Waals surface area contributed by atoms with E-state index in [9.17, 15) is 4.79 Å². The van der Waals surface area contributed by atoms with Gasteiger partial charge in [-0.15, -0.1) is 0 Å². The van der Waals surface area contributed by atoms with Crippen LogP contribution in [0.3, 0.4) is 0 Å². The van der Waals surface area contributed by atoms with E-state index >= 15 is 0 Å². The normalized spacial score (nSPS) is 13.4. The maximum atomic E-state index is 12.6. The molecule has 1 aliphatic rings. The van der Waals surface area contributed by atoms with Gasteiger partial charge in [0.15, 0.2) is 5.96 Å². The van der Waals surface area contributed by atoms with Gasteiger partial charge in [-0.2, -0.15) is 0 Å². The second kappa shape index (κ2) is 9.04. The van der Waals surface area contributed by atoms with Crippen molar-refractivity contribution in [3.8, 4) is 0 Å². The van der Waals surface area contributed by atoms with Gasteiger partial charge in [0.05, 0.1) is 0 Å². The summed E-state index contributed by atoms with van der Waals surface area (Å²) in [5, 5.41) is 6.50. The lowest BCUT2D eigenvalue weighted by molar-refractivity contribution is -0.117. The van der Waals surface area contributed by atoms with Crippen LogP contribution in [0, 0.1) is 0 Å². The van der Waals surface area contributed by atoms with Crippen molar-refractivity contribution in [2.75, 3.05) is 31.1 Å². The minimum atomic E-state index is 0.0372. The predicted octanol–water partition coefficient (Wildman–Crippen LogP) is 2.37. The van der Waals surface area contributed by atoms with Gasteiger partial charge in [0, 0.05) is 25.3 Å². The first-order valence-corrected chi connectivity index (χ1v) is 9.22. The van der Waals surface area contributed by atoms with E-state index in [-0.39, 0.29) is 12.5 Å². The zero-order chi connectivity index (χ0) is 18.2. The number of carbonyl (C=O) groups excluding carboxylic acids is 1. The number of guanidine groups is 1. The van der Waals surface area contributed by atoms with Crippen LogP contribution in [-0.4, -0.2) is 38.0 Å². The smallest absolute Gasteiger partial charge is 0.248 e. The highest BCUT2D eigenvalue weighted by molar-refractivity contribution is 5.98. The number of nitrogens with one attached hydrogen (secondary N) is 2. The van der Waals surface area contributed by atoms with E-state index in [1.54, 1.807) is 0 Å². The molecule has 1 aliphatic heterocycles. The van der Waals surface area contributed by atoms with Gasteiger partial charge in [0.1, 0.15) is 6.54 Å². The van der Waals surface area contributed by atoms with Crippen molar-refractivity contribution >= 4 is 17.6 Å². The number of hydrogen-bond acceptors (Lipinski definition) is 2. The van der Waals surface area contributed by atoms with E-state index in [4.69, 9.17) is 0 Å². The number of carbonyl (C=O) groups is 1. The lowest BCUT2D eigenvalue weighted by Crippen LogP contribution is -2.39. The fourth-order valence-electron chi connectivity index (χ4n) is 3.14. The molecule has 0 aromatic heterocycles. The summed E-state index contributed by atoms with van der Waals surface area (Å²) in [6.07, 6.45) is 1.83. The lowest BCUT2D eigenvalue weighted by Gasteiger charge is -2.17. The Balaban J connectivity index is 1.54. The summed E-state index contributed by atoms with van der Waals surface area (Å²) in [5.41, 5.74) is 3.54. The minimum absolute atomic E-state index is 0.0372. The van der Waals surface area contributed by atoms with Gasteiger partial charge in [0.25, 0.3) is 0 Å². The Morgan fingerprint density at radius 3 is 2.65 bits per heavy atom. The molecule has 0 radical (unpaired) electrons. The summed E-state index contributed by atoms with van der Waals surface area (Å²) >= 11 is 0. The molecular weight excluding hydrogens is 324 g/mol. The molecule has 0 unspecified atom stereocenters. The first-order chi connectivity index (χ1) is 12.8. The molecule has 0 aliphatic carbocycles. The van der Waals surface area contributed by atoms with Crippen molar-refractivity contribution in [2.45, 2.75) is 19.8 Å². The van der Waals surface area contributed by atoms with E-state index in [0.717, 1.165) is 38.2 Å². The van der Waals surface area contributed by atoms with Gasteiger partial charge >= 0.3 is 0 Å². The highest BCUT2D eigenvalue weighted by Gasteiger charge is 2.23. The van der Waals surface area contributed by atoms with Gasteiger partial charge in [0.2, 0.25) is 5.91 Å². The number of rotatable bonds is 6. The molecule has 0 spiro atoms. The molecule has 0 fully saturated rings. The highest BCUT2D eigenvalue weighted by atomic mass is 16.2. The van der Waals surface area contributed by atoms with Crippen molar-refractivity contribution in [3.63, 3.8) is 0 Å². The van der Waals surface area contributed by atoms with Crippen LogP contribution in [0.1, 0.15) is 18.1 Å². The molecular formula is C21H26N4O. The second-order valence-corrected chi connectivity index (χ2v) is 6.28. The average molecular weight is 350 g/mol. The molecule has 0 atom stereocenters. The van der Waals surface area contributed by atoms with Gasteiger partial charge in [-0.25, -0.2) is 4.99 Å². The van der Waals surface area contributed by atoms with E-state index in [1.165, 1.54) is 11.1 Å². The molecule has 2 N–H and O–H groups in total. The molecule has 5 nitrogen and oxygen atoms in total. The fraction of sp³-hybridized carbons (Fsp3) is 0.333. The molecule has 2 aromatic carbocycles. The third kappa shape index (κ3) is 4.63. The number of benzene rings is 2. The van der Waals surface area contributed by atoms with Crippen LogP contribution >= 0.6 is 0 Å². The maximum absolute atomic E-state index is 12.6. The summed E-state index contributed by atoms with van der Waals surface area (Å²) in [7, 11) is 0. The van der Waals surface area contributed by atoms with E-state index < -0.39 is 0 Å². The number of nitrogens with zero attached hydrogens (tertiary/aromatic N) is 2. The monoisotopic (exact) mass is 350 g/mol.